The van der Waals surface area contributed by atoms with Crippen LogP contribution in [0.4, 0.5) is 0 Å². The second-order valence-electron chi connectivity index (χ2n) is 7.35. The van der Waals surface area contributed by atoms with Crippen LogP contribution in [0.2, 0.25) is 0 Å². The average Bonchev–Trinajstić information content (AvgIpc) is 2.68. The molecule has 2 rings (SSSR count). The van der Waals surface area contributed by atoms with Crippen molar-refractivity contribution in [2.45, 2.75) is 46.1 Å². The van der Waals surface area contributed by atoms with E-state index in [9.17, 15) is 29.7 Å². The first-order valence-corrected chi connectivity index (χ1v) is 9.55. The van der Waals surface area contributed by atoms with E-state index in [1.54, 1.807) is 38.1 Å². The zero-order valence-corrected chi connectivity index (χ0v) is 17.1. The molecule has 0 amide bonds. The lowest BCUT2D eigenvalue weighted by molar-refractivity contribution is -0.129. The van der Waals surface area contributed by atoms with Crippen LogP contribution in [0.1, 0.15) is 48.6 Å². The maximum Gasteiger partial charge on any atom is 0.352 e. The molecule has 0 aliphatic rings. The SMILES string of the molecule is CC(=O)c1cn(C(N=C(C(=O)O)C(O)Cc2ccccc2)C(C)C)c(CO)cc1=O. The van der Waals surface area contributed by atoms with E-state index in [0.29, 0.717) is 0 Å². The Hall–Kier alpha value is -3.10. The summed E-state index contributed by atoms with van der Waals surface area (Å²) in [6.45, 7) is 4.31. The van der Waals surface area contributed by atoms with Gasteiger partial charge in [0.25, 0.3) is 0 Å². The van der Waals surface area contributed by atoms with E-state index in [4.69, 9.17) is 0 Å². The van der Waals surface area contributed by atoms with Crippen molar-refractivity contribution in [2.75, 3.05) is 0 Å². The van der Waals surface area contributed by atoms with Crippen LogP contribution in [0, 0.1) is 5.92 Å². The molecule has 0 fully saturated rings. The van der Waals surface area contributed by atoms with Gasteiger partial charge in [-0.05, 0) is 18.4 Å². The summed E-state index contributed by atoms with van der Waals surface area (Å²) >= 11 is 0. The fraction of sp³-hybridized carbons (Fsp3) is 0.364. The van der Waals surface area contributed by atoms with Gasteiger partial charge >= 0.3 is 5.97 Å². The molecule has 8 heteroatoms. The van der Waals surface area contributed by atoms with Crippen molar-refractivity contribution in [1.82, 2.24) is 4.57 Å². The number of rotatable bonds is 9. The number of aromatic nitrogens is 1. The Kier molecular flexibility index (Phi) is 7.79. The molecule has 0 aliphatic heterocycles. The lowest BCUT2D eigenvalue weighted by Gasteiger charge is -2.25. The maximum atomic E-state index is 12.1. The molecule has 2 aromatic rings. The van der Waals surface area contributed by atoms with Gasteiger partial charge in [0.15, 0.2) is 16.9 Å². The number of carboxylic acid groups (broad SMARTS) is 1. The number of aliphatic hydroxyl groups excluding tert-OH is 2. The second kappa shape index (κ2) is 10.1. The average molecular weight is 414 g/mol. The van der Waals surface area contributed by atoms with E-state index in [-0.39, 0.29) is 23.6 Å². The molecule has 0 aliphatic carbocycles. The predicted octanol–water partition coefficient (Wildman–Crippen LogP) is 1.83. The van der Waals surface area contributed by atoms with Crippen molar-refractivity contribution in [3.8, 4) is 0 Å². The number of pyridine rings is 1. The summed E-state index contributed by atoms with van der Waals surface area (Å²) in [5, 5.41) is 29.9. The van der Waals surface area contributed by atoms with E-state index in [2.05, 4.69) is 4.99 Å². The standard InChI is InChI=1S/C22H26N2O6/c1-13(2)21(24-11-17(14(3)26)18(27)10-16(24)12-25)23-20(22(29)30)19(28)9-15-7-5-4-6-8-15/h4-8,10-11,13,19,21,25,28H,9,12H2,1-3H3,(H,29,30). The van der Waals surface area contributed by atoms with Crippen LogP contribution in [0.25, 0.3) is 0 Å². The second-order valence-corrected chi connectivity index (χ2v) is 7.35. The van der Waals surface area contributed by atoms with E-state index in [1.807, 2.05) is 6.07 Å². The summed E-state index contributed by atoms with van der Waals surface area (Å²) in [6, 6.07) is 10.1. The topological polar surface area (TPSA) is 129 Å². The Morgan fingerprint density at radius 3 is 2.30 bits per heavy atom. The number of aliphatic imine (C=N–C) groups is 1. The quantitative estimate of drug-likeness (QED) is 0.424. The van der Waals surface area contributed by atoms with Gasteiger partial charge in [0.05, 0.1) is 12.2 Å². The van der Waals surface area contributed by atoms with Crippen LogP contribution < -0.4 is 5.43 Å². The van der Waals surface area contributed by atoms with Crippen molar-refractivity contribution < 1.29 is 24.9 Å². The zero-order valence-electron chi connectivity index (χ0n) is 17.1. The number of benzene rings is 1. The third-order valence-corrected chi connectivity index (χ3v) is 4.66. The number of Topliss-reactive ketones (excluding diaryl/α,β-unsaturated/α-hetero) is 1. The first kappa shape index (κ1) is 23.2. The molecule has 3 N–H and O–H groups in total. The Morgan fingerprint density at radius 2 is 1.80 bits per heavy atom. The van der Waals surface area contributed by atoms with Crippen molar-refractivity contribution in [1.29, 1.82) is 0 Å². The molecule has 0 saturated heterocycles. The largest absolute Gasteiger partial charge is 0.477 e. The Balaban J connectivity index is 2.55. The van der Waals surface area contributed by atoms with E-state index < -0.39 is 41.8 Å². The molecule has 1 heterocycles. The number of carbonyl (C=O) groups is 2. The summed E-state index contributed by atoms with van der Waals surface area (Å²) in [5.74, 6) is -2.09. The molecule has 1 aromatic carbocycles. The van der Waals surface area contributed by atoms with Gasteiger partial charge < -0.3 is 19.9 Å². The number of ketones is 1. The number of nitrogens with zero attached hydrogens (tertiary/aromatic N) is 2. The minimum Gasteiger partial charge on any atom is -0.477 e. The first-order valence-electron chi connectivity index (χ1n) is 9.55. The summed E-state index contributed by atoms with van der Waals surface area (Å²) in [4.78, 5) is 40.1. The molecule has 2 unspecified atom stereocenters. The molecule has 0 radical (unpaired) electrons. The monoisotopic (exact) mass is 414 g/mol. The fourth-order valence-corrected chi connectivity index (χ4v) is 3.12. The van der Waals surface area contributed by atoms with Gasteiger partial charge in [-0.15, -0.1) is 0 Å². The molecule has 160 valence electrons. The van der Waals surface area contributed by atoms with Gasteiger partial charge in [-0.3, -0.25) is 14.6 Å². The van der Waals surface area contributed by atoms with Gasteiger partial charge in [0.1, 0.15) is 12.3 Å². The van der Waals surface area contributed by atoms with Crippen LogP contribution >= 0.6 is 0 Å². The molecule has 8 nitrogen and oxygen atoms in total. The van der Waals surface area contributed by atoms with Crippen molar-refractivity contribution >= 4 is 17.5 Å². The first-order chi connectivity index (χ1) is 14.1. The van der Waals surface area contributed by atoms with E-state index in [1.165, 1.54) is 17.7 Å². The van der Waals surface area contributed by atoms with Gasteiger partial charge in [-0.2, -0.15) is 0 Å². The van der Waals surface area contributed by atoms with Gasteiger partial charge in [0.2, 0.25) is 0 Å². The van der Waals surface area contributed by atoms with E-state index in [0.717, 1.165) is 11.6 Å². The van der Waals surface area contributed by atoms with Crippen molar-refractivity contribution in [3.05, 3.63) is 69.6 Å². The summed E-state index contributed by atoms with van der Waals surface area (Å²) in [5.41, 5.74) is -0.121. The number of carboxylic acids is 1. The van der Waals surface area contributed by atoms with E-state index >= 15 is 0 Å². The number of carbonyl (C=O) groups excluding carboxylic acids is 1. The van der Waals surface area contributed by atoms with Crippen molar-refractivity contribution in [3.63, 3.8) is 0 Å². The molecule has 0 bridgehead atoms. The number of hydrogen-bond acceptors (Lipinski definition) is 6. The minimum absolute atomic E-state index is 0.0620. The molecular weight excluding hydrogens is 388 g/mol. The Labute approximate surface area is 174 Å². The summed E-state index contributed by atoms with van der Waals surface area (Å²) in [6.07, 6.45) is -0.877. The van der Waals surface area contributed by atoms with Crippen LogP contribution in [-0.2, 0) is 17.8 Å². The van der Waals surface area contributed by atoms with Crippen molar-refractivity contribution in [2.24, 2.45) is 10.9 Å². The minimum atomic E-state index is -1.37. The van der Waals surface area contributed by atoms with Crippen LogP contribution in [0.5, 0.6) is 0 Å². The van der Waals surface area contributed by atoms with Crippen LogP contribution in [-0.4, -0.2) is 43.5 Å². The fourth-order valence-electron chi connectivity index (χ4n) is 3.12. The summed E-state index contributed by atoms with van der Waals surface area (Å²) in [7, 11) is 0. The molecule has 2 atom stereocenters. The highest BCUT2D eigenvalue weighted by Gasteiger charge is 2.26. The lowest BCUT2D eigenvalue weighted by Crippen LogP contribution is -2.33. The molecule has 0 spiro atoms. The molecular formula is C22H26N2O6. The smallest absolute Gasteiger partial charge is 0.352 e. The van der Waals surface area contributed by atoms with Crippen LogP contribution in [0.15, 0.2) is 52.4 Å². The molecule has 0 saturated carbocycles. The predicted molar refractivity (Wildman–Crippen MR) is 112 cm³/mol. The lowest BCUT2D eigenvalue weighted by atomic mass is 10.0. The molecule has 1 aromatic heterocycles. The van der Waals surface area contributed by atoms with Crippen LogP contribution in [0.3, 0.4) is 0 Å². The Bertz CT molecular complexity index is 994. The number of aliphatic hydroxyl groups is 2. The third-order valence-electron chi connectivity index (χ3n) is 4.66. The molecule has 30 heavy (non-hydrogen) atoms. The normalized spacial score (nSPS) is 13.9. The summed E-state index contributed by atoms with van der Waals surface area (Å²) < 4.78 is 1.42. The number of hydrogen-bond donors (Lipinski definition) is 3. The Morgan fingerprint density at radius 1 is 1.17 bits per heavy atom. The zero-order chi connectivity index (χ0) is 22.4. The van der Waals surface area contributed by atoms with Gasteiger partial charge in [0, 0.05) is 24.4 Å². The van der Waals surface area contributed by atoms with Gasteiger partial charge in [-0.1, -0.05) is 44.2 Å². The third kappa shape index (κ3) is 5.49. The maximum absolute atomic E-state index is 12.1. The highest BCUT2D eigenvalue weighted by molar-refractivity contribution is 6.37. The number of aliphatic carboxylic acids is 1. The highest BCUT2D eigenvalue weighted by Crippen LogP contribution is 2.23. The highest BCUT2D eigenvalue weighted by atomic mass is 16.4. The van der Waals surface area contributed by atoms with Gasteiger partial charge in [-0.25, -0.2) is 4.79 Å².